The van der Waals surface area contributed by atoms with Gasteiger partial charge in [0.05, 0.1) is 36.7 Å². The van der Waals surface area contributed by atoms with Crippen molar-refractivity contribution in [2.45, 2.75) is 83.6 Å². The summed E-state index contributed by atoms with van der Waals surface area (Å²) >= 11 is 0. The largest absolute Gasteiger partial charge is 0.494 e. The molecule has 3 amide bonds. The molecular weight excluding hydrogens is 546 g/mol. The molecule has 1 aromatic carbocycles. The van der Waals surface area contributed by atoms with Gasteiger partial charge < -0.3 is 29.3 Å². The maximum atomic E-state index is 14.6. The normalized spacial score (nSPS) is 29.7. The van der Waals surface area contributed by atoms with Crippen LogP contribution in [0.3, 0.4) is 0 Å². The van der Waals surface area contributed by atoms with E-state index in [-0.39, 0.29) is 36.8 Å². The van der Waals surface area contributed by atoms with E-state index in [0.29, 0.717) is 37.6 Å². The highest BCUT2D eigenvalue weighted by Gasteiger charge is 2.80. The molecular formula is C34H49N3O6. The van der Waals surface area contributed by atoms with Gasteiger partial charge in [-0.15, -0.1) is 13.2 Å². The third kappa shape index (κ3) is 5.50. The van der Waals surface area contributed by atoms with Crippen LogP contribution in [0, 0.1) is 17.8 Å². The number of nitrogens with zero attached hydrogens (tertiary/aromatic N) is 3. The Morgan fingerprint density at radius 1 is 1.16 bits per heavy atom. The van der Waals surface area contributed by atoms with Crippen LogP contribution in [0.4, 0.5) is 5.69 Å². The first-order chi connectivity index (χ1) is 20.6. The Hall–Kier alpha value is -3.17. The molecule has 0 aliphatic carbocycles. The Morgan fingerprint density at radius 3 is 2.42 bits per heavy atom. The Kier molecular flexibility index (Phi) is 10.1. The van der Waals surface area contributed by atoms with Gasteiger partial charge in [0, 0.05) is 25.3 Å². The van der Waals surface area contributed by atoms with Gasteiger partial charge in [0.2, 0.25) is 17.7 Å². The molecule has 3 aliphatic heterocycles. The fraction of sp³-hybridized carbons (Fsp3) is 0.618. The monoisotopic (exact) mass is 595 g/mol. The minimum Gasteiger partial charge on any atom is -0.494 e. The molecule has 4 rings (SSSR count). The molecule has 236 valence electrons. The second kappa shape index (κ2) is 13.2. The Morgan fingerprint density at radius 2 is 1.84 bits per heavy atom. The summed E-state index contributed by atoms with van der Waals surface area (Å²) in [6.07, 6.45) is 6.64. The summed E-state index contributed by atoms with van der Waals surface area (Å²) in [5.41, 5.74) is -1.48. The smallest absolute Gasteiger partial charge is 0.248 e. The van der Waals surface area contributed by atoms with Crippen molar-refractivity contribution in [2.75, 3.05) is 37.7 Å². The van der Waals surface area contributed by atoms with E-state index in [1.54, 1.807) is 28.9 Å². The molecule has 1 aromatic rings. The minimum atomic E-state index is -1.19. The first-order valence-electron chi connectivity index (χ1n) is 15.7. The molecule has 3 fully saturated rings. The summed E-state index contributed by atoms with van der Waals surface area (Å²) in [6, 6.07) is 5.72. The van der Waals surface area contributed by atoms with Crippen molar-refractivity contribution in [1.29, 1.82) is 0 Å². The van der Waals surface area contributed by atoms with Crippen LogP contribution >= 0.6 is 0 Å². The zero-order valence-corrected chi connectivity index (χ0v) is 26.5. The van der Waals surface area contributed by atoms with Gasteiger partial charge >= 0.3 is 0 Å². The number of aliphatic hydroxyl groups excluding tert-OH is 1. The van der Waals surface area contributed by atoms with Crippen LogP contribution in [-0.2, 0) is 19.1 Å². The summed E-state index contributed by atoms with van der Waals surface area (Å²) in [7, 11) is 0. The number of carbonyl (C=O) groups is 3. The predicted molar refractivity (Wildman–Crippen MR) is 167 cm³/mol. The molecule has 0 aromatic heterocycles. The van der Waals surface area contributed by atoms with E-state index in [2.05, 4.69) is 20.1 Å². The third-order valence-corrected chi connectivity index (χ3v) is 9.72. The van der Waals surface area contributed by atoms with Gasteiger partial charge in [-0.05, 0) is 63.8 Å². The van der Waals surface area contributed by atoms with Crippen LogP contribution in [0.15, 0.2) is 49.6 Å². The van der Waals surface area contributed by atoms with Crippen molar-refractivity contribution < 1.29 is 29.0 Å². The van der Waals surface area contributed by atoms with Crippen LogP contribution in [0.5, 0.6) is 5.75 Å². The summed E-state index contributed by atoms with van der Waals surface area (Å²) in [6.45, 7) is 18.8. The number of likely N-dealkylation sites (tertiary alicyclic amines) is 1. The first-order valence-corrected chi connectivity index (χ1v) is 15.7. The Bertz CT molecular complexity index is 1200. The van der Waals surface area contributed by atoms with Crippen LogP contribution < -0.4 is 9.64 Å². The minimum absolute atomic E-state index is 0.0935. The quantitative estimate of drug-likeness (QED) is 0.241. The number of ether oxygens (including phenoxy) is 2. The topological polar surface area (TPSA) is 99.6 Å². The average Bonchev–Trinajstić information content (AvgIpc) is 3.51. The van der Waals surface area contributed by atoms with E-state index in [4.69, 9.17) is 9.47 Å². The van der Waals surface area contributed by atoms with Gasteiger partial charge in [0.25, 0.3) is 0 Å². The molecule has 3 saturated heterocycles. The number of rotatable bonds is 15. The fourth-order valence-electron chi connectivity index (χ4n) is 7.58. The van der Waals surface area contributed by atoms with Gasteiger partial charge in [0.15, 0.2) is 0 Å². The molecule has 2 bridgehead atoms. The van der Waals surface area contributed by atoms with Crippen LogP contribution in [-0.4, -0.2) is 88.8 Å². The lowest BCUT2D eigenvalue weighted by atomic mass is 9.62. The van der Waals surface area contributed by atoms with Crippen molar-refractivity contribution in [3.8, 4) is 5.75 Å². The van der Waals surface area contributed by atoms with E-state index >= 15 is 0 Å². The lowest BCUT2D eigenvalue weighted by molar-refractivity contribution is -0.155. The molecule has 7 atom stereocenters. The number of unbranched alkanes of at least 4 members (excludes halogenated alkanes) is 2. The van der Waals surface area contributed by atoms with E-state index in [1.165, 1.54) is 4.90 Å². The van der Waals surface area contributed by atoms with Crippen LogP contribution in [0.25, 0.3) is 0 Å². The number of amides is 3. The van der Waals surface area contributed by atoms with Crippen molar-refractivity contribution in [2.24, 2.45) is 17.8 Å². The number of hydrogen-bond acceptors (Lipinski definition) is 6. The van der Waals surface area contributed by atoms with Gasteiger partial charge in [-0.25, -0.2) is 0 Å². The highest BCUT2D eigenvalue weighted by molar-refractivity contribution is 6.03. The predicted octanol–water partition coefficient (Wildman–Crippen LogP) is 4.20. The second-order valence-electron chi connectivity index (χ2n) is 12.4. The maximum absolute atomic E-state index is 14.6. The first kappa shape index (κ1) is 32.7. The molecule has 0 radical (unpaired) electrons. The summed E-state index contributed by atoms with van der Waals surface area (Å²) < 4.78 is 12.5. The van der Waals surface area contributed by atoms with Gasteiger partial charge in [-0.2, -0.15) is 0 Å². The Balaban J connectivity index is 1.79. The molecule has 3 unspecified atom stereocenters. The maximum Gasteiger partial charge on any atom is 0.248 e. The number of benzene rings is 1. The lowest BCUT2D eigenvalue weighted by Gasteiger charge is -2.39. The molecule has 0 saturated carbocycles. The van der Waals surface area contributed by atoms with Gasteiger partial charge in [-0.1, -0.05) is 38.8 Å². The molecule has 1 N–H and O–H groups in total. The summed E-state index contributed by atoms with van der Waals surface area (Å²) in [5, 5.41) is 10.2. The SMILES string of the molecule is C=CCN(CCCCC)C(=O)C1N([C@H](C)CO)C(=O)[C@@H]2[C@H](C(=O)N(CC=C)c3ccc(OCC)cc3)[C@@]3(C)OC12CC3C. The molecule has 1 spiro atoms. The third-order valence-electron chi connectivity index (χ3n) is 9.72. The van der Waals surface area contributed by atoms with E-state index in [0.717, 1.165) is 19.3 Å². The van der Waals surface area contributed by atoms with Crippen molar-refractivity contribution in [3.05, 3.63) is 49.6 Å². The number of aliphatic hydroxyl groups is 1. The Labute approximate surface area is 256 Å². The zero-order valence-electron chi connectivity index (χ0n) is 26.5. The molecule has 3 heterocycles. The lowest BCUT2D eigenvalue weighted by Crippen LogP contribution is -2.58. The standard InChI is InChI=1S/C34H49N3O6/c1-8-12-13-20-35(18-9-2)32(41)29-34-21-23(5)33(7,43-34)27(28(34)31(40)37(29)24(6)22-38)30(39)36(19-10-3)25-14-16-26(17-15-25)42-11-4/h9-10,14-17,23-24,27-29,38H,2-3,8,11-13,18-22H2,1,4-7H3/t23?,24-,27-,28+,29?,33+,34?/m1/s1. The van der Waals surface area contributed by atoms with Gasteiger partial charge in [-0.3, -0.25) is 14.4 Å². The van der Waals surface area contributed by atoms with E-state index in [1.807, 2.05) is 45.0 Å². The summed E-state index contributed by atoms with van der Waals surface area (Å²) in [4.78, 5) is 48.5. The second-order valence-corrected chi connectivity index (χ2v) is 12.4. The van der Waals surface area contributed by atoms with E-state index in [9.17, 15) is 19.5 Å². The van der Waals surface area contributed by atoms with Gasteiger partial charge in [0.1, 0.15) is 17.4 Å². The number of carbonyl (C=O) groups excluding carboxylic acids is 3. The van der Waals surface area contributed by atoms with E-state index < -0.39 is 35.1 Å². The van der Waals surface area contributed by atoms with Crippen LogP contribution in [0.1, 0.15) is 60.3 Å². The zero-order chi connectivity index (χ0) is 31.5. The number of anilines is 1. The highest BCUT2D eigenvalue weighted by Crippen LogP contribution is 2.65. The van der Waals surface area contributed by atoms with Crippen LogP contribution in [0.2, 0.25) is 0 Å². The molecule has 43 heavy (non-hydrogen) atoms. The number of fused-ring (bicyclic) bond motifs is 1. The molecule has 9 nitrogen and oxygen atoms in total. The van der Waals surface area contributed by atoms with Crippen molar-refractivity contribution >= 4 is 23.4 Å². The molecule has 9 heteroatoms. The summed E-state index contributed by atoms with van der Waals surface area (Å²) in [5.74, 6) is -1.85. The number of hydrogen-bond donors (Lipinski definition) is 1. The van der Waals surface area contributed by atoms with Crippen molar-refractivity contribution in [3.63, 3.8) is 0 Å². The fourth-order valence-corrected chi connectivity index (χ4v) is 7.58. The van der Waals surface area contributed by atoms with Crippen molar-refractivity contribution in [1.82, 2.24) is 9.80 Å². The average molecular weight is 596 g/mol. The molecule has 3 aliphatic rings. The highest BCUT2D eigenvalue weighted by atomic mass is 16.5.